The van der Waals surface area contributed by atoms with Crippen LogP contribution in [0.25, 0.3) is 0 Å². The zero-order chi connectivity index (χ0) is 13.1. The molecule has 0 bridgehead atoms. The van der Waals surface area contributed by atoms with Crippen LogP contribution >= 0.6 is 0 Å². The monoisotopic (exact) mass is 236 g/mol. The van der Waals surface area contributed by atoms with E-state index in [-0.39, 0.29) is 5.41 Å². The van der Waals surface area contributed by atoms with Crippen molar-refractivity contribution in [3.63, 3.8) is 0 Å². The average Bonchev–Trinajstić information content (AvgIpc) is 2.21. The molecule has 0 spiro atoms. The molecule has 0 atom stereocenters. The molecule has 1 rings (SSSR count). The maximum Gasteiger partial charge on any atom is 0.164 e. The Morgan fingerprint density at radius 3 is 2.41 bits per heavy atom. The van der Waals surface area contributed by atoms with Gasteiger partial charge in [-0.1, -0.05) is 46.2 Å². The fraction of sp³-hybridized carbons (Fsp3) is 0.600. The predicted molar refractivity (Wildman–Crippen MR) is 71.9 cm³/mol. The molecule has 1 aromatic carbocycles. The summed E-state index contributed by atoms with van der Waals surface area (Å²) in [5.41, 5.74) is 1.86. The van der Waals surface area contributed by atoms with E-state index >= 15 is 0 Å². The van der Waals surface area contributed by atoms with Gasteiger partial charge in [0.2, 0.25) is 0 Å². The number of rotatable bonds is 4. The summed E-state index contributed by atoms with van der Waals surface area (Å²) in [6.07, 6.45) is 2.11. The lowest BCUT2D eigenvalue weighted by Crippen LogP contribution is -2.12. The summed E-state index contributed by atoms with van der Waals surface area (Å²) in [6, 6.07) is 4.00. The van der Waals surface area contributed by atoms with Crippen molar-refractivity contribution in [2.24, 2.45) is 0 Å². The summed E-state index contributed by atoms with van der Waals surface area (Å²) in [5.74, 6) is 0.944. The van der Waals surface area contributed by atoms with Crippen LogP contribution in [0, 0.1) is 6.92 Å². The van der Waals surface area contributed by atoms with E-state index in [1.54, 1.807) is 0 Å². The minimum absolute atomic E-state index is 0.0688. The molecule has 0 amide bonds. The standard InChI is InChI=1S/C15H24O2/c1-6-7-10-17-14-11(2)8-9-12(13(14)16)15(3,4)5/h8-9,16H,6-7,10H2,1-5H3. The van der Waals surface area contributed by atoms with Gasteiger partial charge in [-0.2, -0.15) is 0 Å². The lowest BCUT2D eigenvalue weighted by molar-refractivity contribution is 0.288. The van der Waals surface area contributed by atoms with E-state index in [0.717, 1.165) is 24.0 Å². The van der Waals surface area contributed by atoms with Gasteiger partial charge in [0.15, 0.2) is 11.5 Å². The van der Waals surface area contributed by atoms with Crippen molar-refractivity contribution in [1.29, 1.82) is 0 Å². The maximum absolute atomic E-state index is 10.3. The zero-order valence-electron chi connectivity index (χ0n) is 11.6. The van der Waals surface area contributed by atoms with E-state index in [2.05, 4.69) is 27.7 Å². The zero-order valence-corrected chi connectivity index (χ0v) is 11.6. The summed E-state index contributed by atoms with van der Waals surface area (Å²) in [6.45, 7) is 11.0. The van der Waals surface area contributed by atoms with Crippen LogP contribution in [-0.2, 0) is 5.41 Å². The Balaban J connectivity index is 3.03. The molecular formula is C15H24O2. The van der Waals surface area contributed by atoms with Crippen molar-refractivity contribution in [1.82, 2.24) is 0 Å². The van der Waals surface area contributed by atoms with E-state index in [9.17, 15) is 5.11 Å². The quantitative estimate of drug-likeness (QED) is 0.795. The second-order valence-electron chi connectivity index (χ2n) is 5.56. The first kappa shape index (κ1) is 13.9. The van der Waals surface area contributed by atoms with Gasteiger partial charge in [0, 0.05) is 5.56 Å². The lowest BCUT2D eigenvalue weighted by atomic mass is 9.85. The largest absolute Gasteiger partial charge is 0.504 e. The number of phenolic OH excluding ortho intramolecular Hbond substituents is 1. The van der Waals surface area contributed by atoms with Crippen LogP contribution in [0.3, 0.4) is 0 Å². The first-order valence-electron chi connectivity index (χ1n) is 6.33. The van der Waals surface area contributed by atoms with Gasteiger partial charge < -0.3 is 9.84 Å². The van der Waals surface area contributed by atoms with Gasteiger partial charge in [-0.05, 0) is 24.3 Å². The fourth-order valence-electron chi connectivity index (χ4n) is 1.78. The molecule has 0 saturated carbocycles. The van der Waals surface area contributed by atoms with Crippen molar-refractivity contribution in [2.45, 2.75) is 52.9 Å². The third kappa shape index (κ3) is 3.39. The Bertz CT molecular complexity index is 375. The second kappa shape index (κ2) is 5.44. The van der Waals surface area contributed by atoms with Crippen LogP contribution in [0.5, 0.6) is 11.5 Å². The first-order valence-corrected chi connectivity index (χ1v) is 6.33. The number of phenols is 1. The van der Waals surface area contributed by atoms with Gasteiger partial charge in [0.1, 0.15) is 0 Å². The molecule has 96 valence electrons. The van der Waals surface area contributed by atoms with Crippen LogP contribution < -0.4 is 4.74 Å². The van der Waals surface area contributed by atoms with E-state index < -0.39 is 0 Å². The van der Waals surface area contributed by atoms with Crippen molar-refractivity contribution in [2.75, 3.05) is 6.61 Å². The molecular weight excluding hydrogens is 212 g/mol. The van der Waals surface area contributed by atoms with Crippen molar-refractivity contribution >= 4 is 0 Å². The second-order valence-corrected chi connectivity index (χ2v) is 5.56. The fourth-order valence-corrected chi connectivity index (χ4v) is 1.78. The number of benzene rings is 1. The molecule has 0 aliphatic rings. The van der Waals surface area contributed by atoms with E-state index in [4.69, 9.17) is 4.74 Å². The molecule has 0 heterocycles. The van der Waals surface area contributed by atoms with Gasteiger partial charge in [-0.3, -0.25) is 0 Å². The van der Waals surface area contributed by atoms with Crippen LogP contribution in [0.4, 0.5) is 0 Å². The normalized spacial score (nSPS) is 11.6. The molecule has 1 N–H and O–H groups in total. The van der Waals surface area contributed by atoms with Crippen molar-refractivity contribution in [3.8, 4) is 11.5 Å². The molecule has 0 aromatic heterocycles. The first-order chi connectivity index (χ1) is 7.88. The van der Waals surface area contributed by atoms with Crippen molar-refractivity contribution < 1.29 is 9.84 Å². The molecule has 0 aliphatic heterocycles. The number of ether oxygens (including phenoxy) is 1. The molecule has 1 aromatic rings. The summed E-state index contributed by atoms with van der Waals surface area (Å²) in [5, 5.41) is 10.3. The van der Waals surface area contributed by atoms with E-state index in [1.807, 2.05) is 19.1 Å². The third-order valence-electron chi connectivity index (χ3n) is 2.88. The Labute approximate surface area is 105 Å². The van der Waals surface area contributed by atoms with Crippen LogP contribution in [0.2, 0.25) is 0 Å². The van der Waals surface area contributed by atoms with Crippen LogP contribution in [0.1, 0.15) is 51.7 Å². The number of unbranched alkanes of at least 4 members (excludes halogenated alkanes) is 1. The highest BCUT2D eigenvalue weighted by Gasteiger charge is 2.21. The molecule has 0 aliphatic carbocycles. The summed E-state index contributed by atoms with van der Waals surface area (Å²) in [7, 11) is 0. The highest BCUT2D eigenvalue weighted by atomic mass is 16.5. The minimum Gasteiger partial charge on any atom is -0.504 e. The molecule has 0 unspecified atom stereocenters. The summed E-state index contributed by atoms with van der Waals surface area (Å²) in [4.78, 5) is 0. The van der Waals surface area contributed by atoms with Gasteiger partial charge in [0.25, 0.3) is 0 Å². The molecule has 0 fully saturated rings. The molecule has 2 nitrogen and oxygen atoms in total. The summed E-state index contributed by atoms with van der Waals surface area (Å²) < 4.78 is 5.69. The molecule has 17 heavy (non-hydrogen) atoms. The van der Waals surface area contributed by atoms with Gasteiger partial charge in [0.05, 0.1) is 6.61 Å². The Morgan fingerprint density at radius 1 is 1.24 bits per heavy atom. The van der Waals surface area contributed by atoms with E-state index in [1.165, 1.54) is 0 Å². The average molecular weight is 236 g/mol. The number of aryl methyl sites for hydroxylation is 1. The highest BCUT2D eigenvalue weighted by molar-refractivity contribution is 5.52. The number of hydrogen-bond donors (Lipinski definition) is 1. The lowest BCUT2D eigenvalue weighted by Gasteiger charge is -2.23. The van der Waals surface area contributed by atoms with Gasteiger partial charge in [-0.25, -0.2) is 0 Å². The molecule has 0 radical (unpaired) electrons. The highest BCUT2D eigenvalue weighted by Crippen LogP contribution is 2.39. The topological polar surface area (TPSA) is 29.5 Å². The minimum atomic E-state index is -0.0688. The van der Waals surface area contributed by atoms with E-state index in [0.29, 0.717) is 18.1 Å². The maximum atomic E-state index is 10.3. The van der Waals surface area contributed by atoms with Gasteiger partial charge >= 0.3 is 0 Å². The van der Waals surface area contributed by atoms with Crippen molar-refractivity contribution in [3.05, 3.63) is 23.3 Å². The number of aromatic hydroxyl groups is 1. The Hall–Kier alpha value is -1.18. The Kier molecular flexibility index (Phi) is 4.44. The predicted octanol–water partition coefficient (Wildman–Crippen LogP) is 4.18. The third-order valence-corrected chi connectivity index (χ3v) is 2.88. The Morgan fingerprint density at radius 2 is 1.88 bits per heavy atom. The van der Waals surface area contributed by atoms with Crippen LogP contribution in [-0.4, -0.2) is 11.7 Å². The SMILES string of the molecule is CCCCOc1c(C)ccc(C(C)(C)C)c1O. The summed E-state index contributed by atoms with van der Waals surface area (Å²) >= 11 is 0. The molecule has 2 heteroatoms. The van der Waals surface area contributed by atoms with Crippen LogP contribution in [0.15, 0.2) is 12.1 Å². The van der Waals surface area contributed by atoms with Gasteiger partial charge in [-0.15, -0.1) is 0 Å². The smallest absolute Gasteiger partial charge is 0.164 e. The number of hydrogen-bond acceptors (Lipinski definition) is 2. The molecule has 0 saturated heterocycles.